The molecule has 2 aromatic carbocycles. The summed E-state index contributed by atoms with van der Waals surface area (Å²) < 4.78 is 13.2. The minimum absolute atomic E-state index is 0.0639. The molecule has 174 valence electrons. The molecule has 1 saturated heterocycles. The molecule has 1 aliphatic carbocycles. The van der Waals surface area contributed by atoms with Gasteiger partial charge in [0, 0.05) is 44.8 Å². The Labute approximate surface area is 195 Å². The second kappa shape index (κ2) is 9.64. The minimum Gasteiger partial charge on any atom is -0.337 e. The van der Waals surface area contributed by atoms with Gasteiger partial charge in [-0.15, -0.1) is 0 Å². The van der Waals surface area contributed by atoms with Crippen LogP contribution in [0.1, 0.15) is 47.2 Å². The largest absolute Gasteiger partial charge is 0.337 e. The molecule has 0 radical (unpaired) electrons. The van der Waals surface area contributed by atoms with Crippen molar-refractivity contribution < 1.29 is 14.0 Å². The van der Waals surface area contributed by atoms with Crippen LogP contribution in [0.2, 0.25) is 0 Å². The predicted octanol–water partition coefficient (Wildman–Crippen LogP) is 3.73. The van der Waals surface area contributed by atoms with Crippen LogP contribution in [0.5, 0.6) is 0 Å². The highest BCUT2D eigenvalue weighted by molar-refractivity contribution is 5.94. The molecule has 2 fully saturated rings. The lowest BCUT2D eigenvalue weighted by molar-refractivity contribution is -0.141. The quantitative estimate of drug-likeness (QED) is 0.715. The number of carbonyl (C=O) groups is 2. The van der Waals surface area contributed by atoms with E-state index in [-0.39, 0.29) is 23.7 Å². The second-order valence-electron chi connectivity index (χ2n) is 9.60. The Morgan fingerprint density at radius 1 is 0.818 bits per heavy atom. The molecular weight excluding hydrogens is 417 g/mol. The first-order valence-electron chi connectivity index (χ1n) is 12.2. The van der Waals surface area contributed by atoms with Crippen molar-refractivity contribution in [3.05, 3.63) is 71.0 Å². The molecule has 1 atom stereocenters. The number of hydrogen-bond donors (Lipinski definition) is 0. The number of nitrogens with zero attached hydrogens (tertiary/aromatic N) is 3. The van der Waals surface area contributed by atoms with Gasteiger partial charge in [0.15, 0.2) is 0 Å². The van der Waals surface area contributed by atoms with E-state index < -0.39 is 0 Å². The summed E-state index contributed by atoms with van der Waals surface area (Å²) in [4.78, 5) is 32.9. The van der Waals surface area contributed by atoms with Crippen LogP contribution in [-0.4, -0.2) is 65.3 Å². The standard InChI is InChI=1S/C27H32FN3O2/c28-24-11-9-22(10-12-24)26(32)30-17-15-29(16-18-30)25(21-6-2-3-7-21)27(33)31-14-13-20-5-1-4-8-23(20)19-31/h1,4-5,8-12,21,25H,2-3,6-7,13-19H2/t25-/m0/s1. The van der Waals surface area contributed by atoms with Gasteiger partial charge in [0.25, 0.3) is 5.91 Å². The summed E-state index contributed by atoms with van der Waals surface area (Å²) in [6.07, 6.45) is 5.52. The number of rotatable bonds is 4. The van der Waals surface area contributed by atoms with E-state index in [2.05, 4.69) is 34.1 Å². The maximum Gasteiger partial charge on any atom is 0.253 e. The molecule has 5 rings (SSSR count). The van der Waals surface area contributed by atoms with E-state index in [0.29, 0.717) is 44.2 Å². The zero-order chi connectivity index (χ0) is 22.8. The van der Waals surface area contributed by atoms with Gasteiger partial charge in [-0.25, -0.2) is 4.39 Å². The Hall–Kier alpha value is -2.73. The van der Waals surface area contributed by atoms with Crippen molar-refractivity contribution in [3.63, 3.8) is 0 Å². The fourth-order valence-corrected chi connectivity index (χ4v) is 5.78. The number of amides is 2. The normalized spacial score (nSPS) is 20.5. The summed E-state index contributed by atoms with van der Waals surface area (Å²) in [5.41, 5.74) is 3.13. The third-order valence-corrected chi connectivity index (χ3v) is 7.63. The topological polar surface area (TPSA) is 43.9 Å². The van der Waals surface area contributed by atoms with Gasteiger partial charge in [-0.2, -0.15) is 0 Å². The molecule has 0 unspecified atom stereocenters. The highest BCUT2D eigenvalue weighted by atomic mass is 19.1. The Bertz CT molecular complexity index is 995. The Morgan fingerprint density at radius 3 is 2.18 bits per heavy atom. The van der Waals surface area contributed by atoms with E-state index in [4.69, 9.17) is 0 Å². The Balaban J connectivity index is 1.27. The highest BCUT2D eigenvalue weighted by Gasteiger charge is 2.40. The second-order valence-corrected chi connectivity index (χ2v) is 9.60. The third-order valence-electron chi connectivity index (χ3n) is 7.63. The van der Waals surface area contributed by atoms with Gasteiger partial charge in [0.1, 0.15) is 5.82 Å². The van der Waals surface area contributed by atoms with E-state index in [1.807, 2.05) is 4.90 Å². The van der Waals surface area contributed by atoms with Crippen LogP contribution in [0.3, 0.4) is 0 Å². The van der Waals surface area contributed by atoms with Crippen molar-refractivity contribution in [2.24, 2.45) is 5.92 Å². The van der Waals surface area contributed by atoms with Gasteiger partial charge in [-0.05, 0) is 60.6 Å². The number of benzene rings is 2. The lowest BCUT2D eigenvalue weighted by Crippen LogP contribution is -2.58. The van der Waals surface area contributed by atoms with Crippen LogP contribution in [0.4, 0.5) is 4.39 Å². The average molecular weight is 450 g/mol. The molecule has 3 aliphatic rings. The van der Waals surface area contributed by atoms with Gasteiger partial charge >= 0.3 is 0 Å². The minimum atomic E-state index is -0.338. The SMILES string of the molecule is O=C(c1ccc(F)cc1)N1CCN([C@H](C(=O)N2CCc3ccccc3C2)C2CCCC2)CC1. The smallest absolute Gasteiger partial charge is 0.253 e. The summed E-state index contributed by atoms with van der Waals surface area (Å²) in [5.74, 6) is 0.254. The molecule has 5 nitrogen and oxygen atoms in total. The Kier molecular flexibility index (Phi) is 6.45. The summed E-state index contributed by atoms with van der Waals surface area (Å²) in [6, 6.07) is 14.1. The van der Waals surface area contributed by atoms with Crippen LogP contribution < -0.4 is 0 Å². The molecular formula is C27H32FN3O2. The highest BCUT2D eigenvalue weighted by Crippen LogP contribution is 2.33. The summed E-state index contributed by atoms with van der Waals surface area (Å²) in [7, 11) is 0. The van der Waals surface area contributed by atoms with Crippen molar-refractivity contribution in [2.75, 3.05) is 32.7 Å². The van der Waals surface area contributed by atoms with Crippen LogP contribution in [0.25, 0.3) is 0 Å². The molecule has 6 heteroatoms. The van der Waals surface area contributed by atoms with Gasteiger partial charge in [-0.1, -0.05) is 37.1 Å². The van der Waals surface area contributed by atoms with E-state index in [1.54, 1.807) is 12.1 Å². The molecule has 0 bridgehead atoms. The Morgan fingerprint density at radius 2 is 1.48 bits per heavy atom. The summed E-state index contributed by atoms with van der Waals surface area (Å²) >= 11 is 0. The van der Waals surface area contributed by atoms with Crippen molar-refractivity contribution in [2.45, 2.75) is 44.7 Å². The number of halogens is 1. The van der Waals surface area contributed by atoms with Crippen molar-refractivity contribution in [1.29, 1.82) is 0 Å². The van der Waals surface area contributed by atoms with Crippen molar-refractivity contribution in [3.8, 4) is 0 Å². The van der Waals surface area contributed by atoms with Crippen LogP contribution in [0, 0.1) is 11.7 Å². The maximum atomic E-state index is 13.8. The monoisotopic (exact) mass is 449 g/mol. The summed E-state index contributed by atoms with van der Waals surface area (Å²) in [5, 5.41) is 0. The average Bonchev–Trinajstić information content (AvgIpc) is 3.39. The first-order valence-corrected chi connectivity index (χ1v) is 12.2. The van der Waals surface area contributed by atoms with Crippen LogP contribution in [0.15, 0.2) is 48.5 Å². The van der Waals surface area contributed by atoms with E-state index >= 15 is 0 Å². The molecule has 2 aliphatic heterocycles. The summed E-state index contributed by atoms with van der Waals surface area (Å²) in [6.45, 7) is 4.06. The van der Waals surface area contributed by atoms with Gasteiger partial charge in [0.05, 0.1) is 6.04 Å². The zero-order valence-corrected chi connectivity index (χ0v) is 19.1. The van der Waals surface area contributed by atoms with E-state index in [9.17, 15) is 14.0 Å². The number of carbonyl (C=O) groups excluding carboxylic acids is 2. The van der Waals surface area contributed by atoms with Crippen LogP contribution in [-0.2, 0) is 17.8 Å². The fraction of sp³-hybridized carbons (Fsp3) is 0.481. The molecule has 0 aromatic heterocycles. The fourth-order valence-electron chi connectivity index (χ4n) is 5.78. The van der Waals surface area contributed by atoms with Crippen molar-refractivity contribution >= 4 is 11.8 Å². The molecule has 2 heterocycles. The predicted molar refractivity (Wildman–Crippen MR) is 125 cm³/mol. The molecule has 0 spiro atoms. The van der Waals surface area contributed by atoms with E-state index in [0.717, 1.165) is 25.8 Å². The first-order chi connectivity index (χ1) is 16.1. The van der Waals surface area contributed by atoms with Gasteiger partial charge in [0.2, 0.25) is 5.91 Å². The number of piperazine rings is 1. The third kappa shape index (κ3) is 4.67. The lowest BCUT2D eigenvalue weighted by Gasteiger charge is -2.43. The molecule has 0 N–H and O–H groups in total. The number of hydrogen-bond acceptors (Lipinski definition) is 3. The molecule has 2 amide bonds. The van der Waals surface area contributed by atoms with Crippen molar-refractivity contribution in [1.82, 2.24) is 14.7 Å². The van der Waals surface area contributed by atoms with E-state index in [1.165, 1.54) is 36.1 Å². The van der Waals surface area contributed by atoms with Gasteiger partial charge in [-0.3, -0.25) is 14.5 Å². The molecule has 33 heavy (non-hydrogen) atoms. The molecule has 1 saturated carbocycles. The maximum absolute atomic E-state index is 13.8. The molecule has 2 aromatic rings. The lowest BCUT2D eigenvalue weighted by atomic mass is 9.92. The first kappa shape index (κ1) is 22.1. The van der Waals surface area contributed by atoms with Crippen LogP contribution >= 0.6 is 0 Å². The zero-order valence-electron chi connectivity index (χ0n) is 19.1. The van der Waals surface area contributed by atoms with Gasteiger partial charge < -0.3 is 9.80 Å². The number of fused-ring (bicyclic) bond motifs is 1.